The van der Waals surface area contributed by atoms with Crippen molar-refractivity contribution in [2.24, 2.45) is 0 Å². The Balaban J connectivity index is 2.03. The molecule has 0 unspecified atom stereocenters. The Labute approximate surface area is 190 Å². The Bertz CT molecular complexity index is 1320. The zero-order valence-electron chi connectivity index (χ0n) is 15.7. The first-order valence-electron chi connectivity index (χ1n) is 8.54. The van der Waals surface area contributed by atoms with E-state index in [1.807, 2.05) is 0 Å². The van der Waals surface area contributed by atoms with Crippen molar-refractivity contribution >= 4 is 50.8 Å². The molecule has 7 nitrogen and oxygen atoms in total. The first kappa shape index (κ1) is 23.5. The average molecular weight is 502 g/mol. The van der Waals surface area contributed by atoms with E-state index in [0.29, 0.717) is 17.7 Å². The highest BCUT2D eigenvalue weighted by Gasteiger charge is 2.33. The van der Waals surface area contributed by atoms with Gasteiger partial charge in [-0.2, -0.15) is 23.5 Å². The summed E-state index contributed by atoms with van der Waals surface area (Å²) < 4.78 is 66.7. The van der Waals surface area contributed by atoms with Gasteiger partial charge in [0.15, 0.2) is 11.5 Å². The van der Waals surface area contributed by atoms with Crippen molar-refractivity contribution < 1.29 is 21.6 Å². The summed E-state index contributed by atoms with van der Waals surface area (Å²) in [7, 11) is -4.13. The minimum atomic E-state index is -4.70. The molecule has 0 saturated carbocycles. The number of sulfonamides is 1. The molecule has 3 rings (SSSR count). The lowest BCUT2D eigenvalue weighted by atomic mass is 10.2. The van der Waals surface area contributed by atoms with E-state index in [9.17, 15) is 26.9 Å². The Morgan fingerprint density at radius 1 is 1.16 bits per heavy atom. The standard InChI is InChI=1S/C19H12Cl2F3N5O2S/c20-13-8-12(19(22,23)24)9-14(21)17(13)29-18(26)16(15(10-25)27-29)28-32(30,31)7-6-11-4-2-1-3-5-11/h1-9,28H,26H2. The molecule has 166 valence electrons. The molecule has 0 aliphatic carbocycles. The van der Waals surface area contributed by atoms with Gasteiger partial charge in [0.1, 0.15) is 17.4 Å². The molecule has 0 spiro atoms. The SMILES string of the molecule is N#Cc1nn(-c2c(Cl)cc(C(F)(F)F)cc2Cl)c(N)c1NS(=O)(=O)C=Cc1ccccc1. The van der Waals surface area contributed by atoms with Crippen LogP contribution < -0.4 is 10.5 Å². The maximum Gasteiger partial charge on any atom is 0.416 e. The van der Waals surface area contributed by atoms with Crippen LogP contribution in [0.4, 0.5) is 24.7 Å². The summed E-state index contributed by atoms with van der Waals surface area (Å²) in [6.07, 6.45) is -3.39. The van der Waals surface area contributed by atoms with E-state index < -0.39 is 43.3 Å². The van der Waals surface area contributed by atoms with Gasteiger partial charge in [0, 0.05) is 0 Å². The van der Waals surface area contributed by atoms with Crippen LogP contribution in [0.25, 0.3) is 11.8 Å². The summed E-state index contributed by atoms with van der Waals surface area (Å²) >= 11 is 11.9. The van der Waals surface area contributed by atoms with E-state index in [4.69, 9.17) is 28.9 Å². The summed E-state index contributed by atoms with van der Waals surface area (Å²) in [5, 5.41) is 13.1. The van der Waals surface area contributed by atoms with Crippen LogP contribution >= 0.6 is 23.2 Å². The second-order valence-electron chi connectivity index (χ2n) is 6.28. The number of hydrogen-bond donors (Lipinski definition) is 2. The number of nitriles is 1. The molecule has 32 heavy (non-hydrogen) atoms. The molecule has 2 aromatic carbocycles. The molecule has 3 N–H and O–H groups in total. The van der Waals surface area contributed by atoms with Crippen molar-refractivity contribution in [3.63, 3.8) is 0 Å². The number of halogens is 5. The summed E-state index contributed by atoms with van der Waals surface area (Å²) in [6, 6.07) is 11.4. The van der Waals surface area contributed by atoms with Gasteiger partial charge in [-0.25, -0.2) is 13.1 Å². The third-order valence-electron chi connectivity index (χ3n) is 4.07. The van der Waals surface area contributed by atoms with Crippen LogP contribution in [0.5, 0.6) is 0 Å². The summed E-state index contributed by atoms with van der Waals surface area (Å²) in [5.74, 6) is -0.401. The van der Waals surface area contributed by atoms with Crippen LogP contribution in [0.2, 0.25) is 10.0 Å². The lowest BCUT2D eigenvalue weighted by molar-refractivity contribution is -0.137. The number of alkyl halides is 3. The quantitative estimate of drug-likeness (QED) is 0.506. The fourth-order valence-electron chi connectivity index (χ4n) is 2.62. The highest BCUT2D eigenvalue weighted by atomic mass is 35.5. The highest BCUT2D eigenvalue weighted by molar-refractivity contribution is 7.95. The van der Waals surface area contributed by atoms with E-state index in [0.717, 1.165) is 10.1 Å². The van der Waals surface area contributed by atoms with Crippen molar-refractivity contribution in [2.45, 2.75) is 6.18 Å². The van der Waals surface area contributed by atoms with Crippen LogP contribution in [0.1, 0.15) is 16.8 Å². The maximum atomic E-state index is 13.0. The Hall–Kier alpha value is -3.20. The zero-order valence-corrected chi connectivity index (χ0v) is 18.1. The molecule has 0 atom stereocenters. The minimum Gasteiger partial charge on any atom is -0.382 e. The number of nitrogens with zero attached hydrogens (tertiary/aromatic N) is 3. The first-order chi connectivity index (χ1) is 14.9. The van der Waals surface area contributed by atoms with Gasteiger partial charge in [0.05, 0.1) is 21.0 Å². The van der Waals surface area contributed by atoms with E-state index >= 15 is 0 Å². The normalized spacial score (nSPS) is 12.1. The predicted molar refractivity (Wildman–Crippen MR) is 116 cm³/mol. The molecule has 0 radical (unpaired) electrons. The molecule has 3 aromatic rings. The molecule has 0 aliphatic rings. The molecule has 0 saturated heterocycles. The number of nitrogen functional groups attached to an aromatic ring is 1. The van der Waals surface area contributed by atoms with Crippen molar-refractivity contribution in [3.8, 4) is 11.8 Å². The molecule has 0 bridgehead atoms. The van der Waals surface area contributed by atoms with Gasteiger partial charge >= 0.3 is 6.18 Å². The van der Waals surface area contributed by atoms with Gasteiger partial charge in [0.25, 0.3) is 10.0 Å². The Kier molecular flexibility index (Phi) is 6.41. The molecule has 0 fully saturated rings. The third-order valence-corrected chi connectivity index (χ3v) is 5.63. The number of benzene rings is 2. The number of hydrogen-bond acceptors (Lipinski definition) is 5. The second kappa shape index (κ2) is 8.74. The number of nitrogens with one attached hydrogen (secondary N) is 1. The summed E-state index contributed by atoms with van der Waals surface area (Å²) in [5.41, 5.74) is 4.38. The van der Waals surface area contributed by atoms with Crippen molar-refractivity contribution in [1.82, 2.24) is 9.78 Å². The van der Waals surface area contributed by atoms with E-state index in [2.05, 4.69) is 9.82 Å². The lowest BCUT2D eigenvalue weighted by Gasteiger charge is -2.13. The van der Waals surface area contributed by atoms with E-state index in [1.165, 1.54) is 6.08 Å². The summed E-state index contributed by atoms with van der Waals surface area (Å²) in [6.45, 7) is 0. The minimum absolute atomic E-state index is 0.249. The fraction of sp³-hybridized carbons (Fsp3) is 0.0526. The van der Waals surface area contributed by atoms with Gasteiger partial charge in [-0.15, -0.1) is 0 Å². The second-order valence-corrected chi connectivity index (χ2v) is 8.66. The monoisotopic (exact) mass is 501 g/mol. The number of nitrogens with two attached hydrogens (primary N) is 1. The molecule has 13 heteroatoms. The number of anilines is 2. The molecular formula is C19H12Cl2F3N5O2S. The van der Waals surface area contributed by atoms with Crippen molar-refractivity contribution in [1.29, 1.82) is 5.26 Å². The predicted octanol–water partition coefficient (Wildman–Crippen LogP) is 5.06. The van der Waals surface area contributed by atoms with Crippen LogP contribution in [-0.4, -0.2) is 18.2 Å². The first-order valence-corrected chi connectivity index (χ1v) is 10.8. The van der Waals surface area contributed by atoms with Gasteiger partial charge < -0.3 is 5.73 Å². The number of rotatable bonds is 5. The van der Waals surface area contributed by atoms with Crippen LogP contribution in [0.15, 0.2) is 47.9 Å². The molecule has 0 amide bonds. The van der Waals surface area contributed by atoms with Crippen LogP contribution in [-0.2, 0) is 16.2 Å². The fourth-order valence-corrected chi connectivity index (χ4v) is 4.16. The summed E-state index contributed by atoms with van der Waals surface area (Å²) in [4.78, 5) is 0. The molecular weight excluding hydrogens is 490 g/mol. The topological polar surface area (TPSA) is 114 Å². The van der Waals surface area contributed by atoms with Crippen molar-refractivity contribution in [2.75, 3.05) is 10.5 Å². The average Bonchev–Trinajstić information content (AvgIpc) is 3.01. The van der Waals surface area contributed by atoms with Gasteiger partial charge in [-0.1, -0.05) is 53.5 Å². The van der Waals surface area contributed by atoms with Gasteiger partial charge in [-0.05, 0) is 23.8 Å². The number of aromatic nitrogens is 2. The van der Waals surface area contributed by atoms with Crippen LogP contribution in [0.3, 0.4) is 0 Å². The lowest BCUT2D eigenvalue weighted by Crippen LogP contribution is -2.12. The molecule has 1 aromatic heterocycles. The van der Waals surface area contributed by atoms with E-state index in [-0.39, 0.29) is 11.4 Å². The zero-order chi connectivity index (χ0) is 23.7. The van der Waals surface area contributed by atoms with Crippen LogP contribution in [0, 0.1) is 11.3 Å². The molecule has 1 heterocycles. The van der Waals surface area contributed by atoms with Gasteiger partial charge in [0.2, 0.25) is 0 Å². The smallest absolute Gasteiger partial charge is 0.382 e. The Morgan fingerprint density at radius 3 is 2.28 bits per heavy atom. The highest BCUT2D eigenvalue weighted by Crippen LogP contribution is 2.39. The Morgan fingerprint density at radius 2 is 1.75 bits per heavy atom. The largest absolute Gasteiger partial charge is 0.416 e. The van der Waals surface area contributed by atoms with Gasteiger partial charge in [-0.3, -0.25) is 4.72 Å². The third kappa shape index (κ3) is 4.99. The molecule has 0 aliphatic heterocycles. The van der Waals surface area contributed by atoms with Crippen molar-refractivity contribution in [3.05, 3.63) is 74.7 Å². The van der Waals surface area contributed by atoms with E-state index in [1.54, 1.807) is 36.4 Å². The maximum absolute atomic E-state index is 13.0.